The van der Waals surface area contributed by atoms with Gasteiger partial charge in [0.05, 0.1) is 30.7 Å². The normalized spacial score (nSPS) is 28.4. The Hall–Kier alpha value is -2.93. The number of nitrogens with zero attached hydrogens (tertiary/aromatic N) is 4. The maximum absolute atomic E-state index is 13.4. The molecule has 162 valence electrons. The molecular weight excluding hydrogens is 392 g/mol. The minimum absolute atomic E-state index is 0.0129. The van der Waals surface area contributed by atoms with Gasteiger partial charge in [-0.2, -0.15) is 5.10 Å². The minimum Gasteiger partial charge on any atom is -0.360 e. The van der Waals surface area contributed by atoms with Gasteiger partial charge in [0.15, 0.2) is 0 Å². The zero-order chi connectivity index (χ0) is 21.8. The number of hydrogen-bond acceptors (Lipinski definition) is 4. The van der Waals surface area contributed by atoms with Crippen LogP contribution in [-0.2, 0) is 34.0 Å². The van der Waals surface area contributed by atoms with Crippen LogP contribution in [0.2, 0.25) is 0 Å². The molecule has 3 aliphatic heterocycles. The van der Waals surface area contributed by atoms with Crippen molar-refractivity contribution in [3.05, 3.63) is 65.5 Å². The van der Waals surface area contributed by atoms with Crippen molar-refractivity contribution in [2.24, 2.45) is 11.8 Å². The first-order valence-electron chi connectivity index (χ1n) is 10.9. The smallest absolute Gasteiger partial charge is 0.230 e. The van der Waals surface area contributed by atoms with Gasteiger partial charge in [0.1, 0.15) is 5.60 Å². The van der Waals surface area contributed by atoms with Crippen LogP contribution in [0, 0.1) is 18.8 Å². The van der Waals surface area contributed by atoms with Crippen LogP contribution in [0.25, 0.3) is 0 Å². The number of benzene rings is 1. The third-order valence-corrected chi connectivity index (χ3v) is 6.73. The number of carbonyl (C=O) groups is 2. The van der Waals surface area contributed by atoms with Crippen molar-refractivity contribution in [1.82, 2.24) is 19.6 Å². The summed E-state index contributed by atoms with van der Waals surface area (Å²) >= 11 is 0. The maximum Gasteiger partial charge on any atom is 0.230 e. The van der Waals surface area contributed by atoms with Gasteiger partial charge < -0.3 is 14.5 Å². The number of ether oxygens (including phenoxy) is 1. The van der Waals surface area contributed by atoms with Gasteiger partial charge >= 0.3 is 0 Å². The Labute approximate surface area is 182 Å². The van der Waals surface area contributed by atoms with E-state index in [1.54, 1.807) is 18.1 Å². The zero-order valence-corrected chi connectivity index (χ0v) is 18.2. The number of carbonyl (C=O) groups excluding carboxylic acids is 2. The molecule has 0 aliphatic carbocycles. The number of rotatable bonds is 6. The summed E-state index contributed by atoms with van der Waals surface area (Å²) in [4.78, 5) is 30.4. The topological polar surface area (TPSA) is 67.7 Å². The lowest BCUT2D eigenvalue weighted by Crippen LogP contribution is -2.44. The van der Waals surface area contributed by atoms with E-state index in [1.807, 2.05) is 60.0 Å². The summed E-state index contributed by atoms with van der Waals surface area (Å²) in [6, 6.07) is 8.19. The molecule has 0 N–H and O–H groups in total. The molecule has 1 aromatic heterocycles. The summed E-state index contributed by atoms with van der Waals surface area (Å²) in [6.07, 6.45) is 7.38. The average molecular weight is 421 g/mol. The molecule has 31 heavy (non-hydrogen) atoms. The van der Waals surface area contributed by atoms with E-state index < -0.39 is 17.4 Å². The number of likely N-dealkylation sites (tertiary alicyclic amines) is 1. The van der Waals surface area contributed by atoms with Gasteiger partial charge in [0.25, 0.3) is 0 Å². The molecule has 0 radical (unpaired) electrons. The fraction of sp³-hybridized carbons (Fsp3) is 0.458. The van der Waals surface area contributed by atoms with Crippen molar-refractivity contribution in [3.63, 3.8) is 0 Å². The molecule has 2 bridgehead atoms. The summed E-state index contributed by atoms with van der Waals surface area (Å²) in [7, 11) is 1.79. The molecule has 4 atom stereocenters. The van der Waals surface area contributed by atoms with E-state index in [0.29, 0.717) is 19.6 Å². The van der Waals surface area contributed by atoms with E-state index in [1.165, 1.54) is 5.56 Å². The van der Waals surface area contributed by atoms with E-state index >= 15 is 0 Å². The van der Waals surface area contributed by atoms with Crippen LogP contribution in [0.1, 0.15) is 23.6 Å². The first-order valence-corrected chi connectivity index (χ1v) is 10.9. The molecular formula is C24H28N4O3. The summed E-state index contributed by atoms with van der Waals surface area (Å²) in [6.45, 7) is 6.36. The molecule has 3 aliphatic rings. The monoisotopic (exact) mass is 420 g/mol. The molecule has 1 aromatic carbocycles. The molecule has 2 fully saturated rings. The standard InChI is InChI=1S/C24H28N4O3/c1-4-28-14-18(11-25-28)12-26(3)22(29)20-19-8-9-24(31-19)15-27(23(30)21(20)24)13-17-7-5-6-16(2)10-17/h5-11,14,19-21H,4,12-13,15H2,1-3H3/t19-,20?,21?,24-/m0/s1. The molecule has 2 amide bonds. The van der Waals surface area contributed by atoms with Crippen molar-refractivity contribution < 1.29 is 14.3 Å². The summed E-state index contributed by atoms with van der Waals surface area (Å²) in [5, 5.41) is 4.28. The molecule has 2 unspecified atom stereocenters. The highest BCUT2D eigenvalue weighted by molar-refractivity contribution is 5.93. The number of amides is 2. The minimum atomic E-state index is -0.681. The number of aryl methyl sites for hydroxylation is 2. The van der Waals surface area contributed by atoms with Crippen LogP contribution < -0.4 is 0 Å². The molecule has 4 heterocycles. The molecule has 5 rings (SSSR count). The predicted octanol–water partition coefficient (Wildman–Crippen LogP) is 2.15. The van der Waals surface area contributed by atoms with E-state index in [9.17, 15) is 9.59 Å². The van der Waals surface area contributed by atoms with Crippen molar-refractivity contribution in [1.29, 1.82) is 0 Å². The Morgan fingerprint density at radius 3 is 2.94 bits per heavy atom. The van der Waals surface area contributed by atoms with Gasteiger partial charge in [-0.1, -0.05) is 42.0 Å². The highest BCUT2D eigenvalue weighted by atomic mass is 16.5. The lowest BCUT2D eigenvalue weighted by Gasteiger charge is -2.27. The van der Waals surface area contributed by atoms with Gasteiger partial charge in [0.2, 0.25) is 11.8 Å². The van der Waals surface area contributed by atoms with Crippen molar-refractivity contribution in [3.8, 4) is 0 Å². The van der Waals surface area contributed by atoms with Crippen LogP contribution in [0.5, 0.6) is 0 Å². The van der Waals surface area contributed by atoms with Crippen LogP contribution in [0.4, 0.5) is 0 Å². The van der Waals surface area contributed by atoms with Gasteiger partial charge in [-0.15, -0.1) is 0 Å². The number of hydrogen-bond donors (Lipinski definition) is 0. The van der Waals surface area contributed by atoms with E-state index in [-0.39, 0.29) is 17.9 Å². The van der Waals surface area contributed by atoms with Gasteiger partial charge in [-0.05, 0) is 19.4 Å². The third kappa shape index (κ3) is 3.28. The lowest BCUT2D eigenvalue weighted by molar-refractivity contribution is -0.142. The number of aromatic nitrogens is 2. The van der Waals surface area contributed by atoms with E-state index in [0.717, 1.165) is 17.7 Å². The van der Waals surface area contributed by atoms with Gasteiger partial charge in [-0.3, -0.25) is 14.3 Å². The molecule has 1 spiro atoms. The van der Waals surface area contributed by atoms with E-state index in [4.69, 9.17) is 4.74 Å². The second kappa shape index (κ2) is 7.34. The Morgan fingerprint density at radius 2 is 2.19 bits per heavy atom. The molecule has 2 saturated heterocycles. The Balaban J connectivity index is 1.34. The number of fused-ring (bicyclic) bond motifs is 1. The predicted molar refractivity (Wildman–Crippen MR) is 115 cm³/mol. The Morgan fingerprint density at radius 1 is 1.35 bits per heavy atom. The third-order valence-electron chi connectivity index (χ3n) is 6.73. The average Bonchev–Trinajstić information content (AvgIpc) is 3.49. The van der Waals surface area contributed by atoms with Crippen molar-refractivity contribution >= 4 is 11.8 Å². The van der Waals surface area contributed by atoms with Gasteiger partial charge in [0, 0.05) is 38.4 Å². The van der Waals surface area contributed by atoms with Gasteiger partial charge in [-0.25, -0.2) is 0 Å². The molecule has 7 nitrogen and oxygen atoms in total. The van der Waals surface area contributed by atoms with E-state index in [2.05, 4.69) is 11.2 Å². The Kier molecular flexibility index (Phi) is 4.73. The SMILES string of the molecule is CCn1cc(CN(C)C(=O)C2C3C(=O)N(Cc4cccc(C)c4)C[C@@]34C=C[C@@H]2O4)cn1. The summed E-state index contributed by atoms with van der Waals surface area (Å²) in [5.41, 5.74) is 2.56. The van der Waals surface area contributed by atoms with Crippen LogP contribution in [0.15, 0.2) is 48.8 Å². The summed E-state index contributed by atoms with van der Waals surface area (Å²) in [5.74, 6) is -0.970. The van der Waals surface area contributed by atoms with Crippen molar-refractivity contribution in [2.45, 2.75) is 45.2 Å². The first kappa shape index (κ1) is 20.0. The van der Waals surface area contributed by atoms with Crippen LogP contribution in [-0.4, -0.2) is 56.7 Å². The fourth-order valence-electron chi connectivity index (χ4n) is 5.29. The lowest BCUT2D eigenvalue weighted by atomic mass is 9.76. The summed E-state index contributed by atoms with van der Waals surface area (Å²) < 4.78 is 8.11. The molecule has 7 heteroatoms. The maximum atomic E-state index is 13.4. The fourth-order valence-corrected chi connectivity index (χ4v) is 5.29. The first-order chi connectivity index (χ1) is 14.9. The second-order valence-electron chi connectivity index (χ2n) is 8.98. The molecule has 2 aromatic rings. The quantitative estimate of drug-likeness (QED) is 0.672. The second-order valence-corrected chi connectivity index (χ2v) is 8.98. The largest absolute Gasteiger partial charge is 0.360 e. The van der Waals surface area contributed by atoms with Crippen LogP contribution >= 0.6 is 0 Å². The zero-order valence-electron chi connectivity index (χ0n) is 18.2. The Bertz CT molecular complexity index is 1060. The van der Waals surface area contributed by atoms with Crippen LogP contribution in [0.3, 0.4) is 0 Å². The molecule has 0 saturated carbocycles. The highest BCUT2D eigenvalue weighted by Crippen LogP contribution is 2.52. The van der Waals surface area contributed by atoms with Crippen molar-refractivity contribution in [2.75, 3.05) is 13.6 Å². The highest BCUT2D eigenvalue weighted by Gasteiger charge is 2.67.